The molecule has 248 valence electrons. The zero-order valence-electron chi connectivity index (χ0n) is 25.8. The minimum atomic E-state index is -4.80. The number of anilines is 3. The van der Waals surface area contributed by atoms with E-state index >= 15 is 4.39 Å². The number of nitrogens with one attached hydrogen (secondary N) is 1. The van der Waals surface area contributed by atoms with Crippen LogP contribution in [0.2, 0.25) is 0 Å². The topological polar surface area (TPSA) is 114 Å². The number of benzene rings is 3. The minimum Gasteiger partial charge on any atom is -0.406 e. The van der Waals surface area contributed by atoms with Crippen LogP contribution < -0.4 is 19.9 Å². The van der Waals surface area contributed by atoms with Gasteiger partial charge in [-0.25, -0.2) is 13.9 Å². The molecule has 3 aromatic carbocycles. The summed E-state index contributed by atoms with van der Waals surface area (Å²) in [4.78, 5) is 36.3. The Bertz CT molecular complexity index is 1730. The van der Waals surface area contributed by atoms with Crippen LogP contribution in [-0.4, -0.2) is 58.6 Å². The number of ether oxygens (including phenoxy) is 2. The molecule has 0 aliphatic rings. The number of alkyl halides is 3. The molecule has 0 aliphatic heterocycles. The smallest absolute Gasteiger partial charge is 0.406 e. The first-order valence-electron chi connectivity index (χ1n) is 14.0. The zero-order chi connectivity index (χ0) is 34.1. The summed E-state index contributed by atoms with van der Waals surface area (Å²) in [6, 6.07) is 14.0. The lowest BCUT2D eigenvalue weighted by Crippen LogP contribution is -2.30. The number of aryl methyl sites for hydroxylation is 1. The van der Waals surface area contributed by atoms with Crippen molar-refractivity contribution in [3.05, 3.63) is 89.5 Å². The highest BCUT2D eigenvalue weighted by Crippen LogP contribution is 2.27. The van der Waals surface area contributed by atoms with Crippen LogP contribution >= 0.6 is 11.8 Å². The molecule has 11 nitrogen and oxygen atoms in total. The normalized spacial score (nSPS) is 11.7. The molecule has 3 amide bonds. The number of rotatable bonds is 11. The van der Waals surface area contributed by atoms with Crippen LogP contribution in [0.15, 0.2) is 72.0 Å². The molecule has 0 spiro atoms. The second-order valence-corrected chi connectivity index (χ2v) is 11.2. The van der Waals surface area contributed by atoms with Gasteiger partial charge in [0.2, 0.25) is 12.4 Å². The van der Waals surface area contributed by atoms with E-state index in [0.29, 0.717) is 29.1 Å². The number of hydrogen-bond donors (Lipinski definition) is 1. The first-order valence-corrected chi connectivity index (χ1v) is 15.0. The van der Waals surface area contributed by atoms with E-state index in [1.165, 1.54) is 59.0 Å². The number of aliphatic imine (C=N–C) groups is 1. The summed E-state index contributed by atoms with van der Waals surface area (Å²) >= 11 is 1.17. The second-order valence-electron chi connectivity index (χ2n) is 10.00. The van der Waals surface area contributed by atoms with E-state index in [0.717, 1.165) is 23.3 Å². The summed E-state index contributed by atoms with van der Waals surface area (Å²) in [5, 5.41) is 6.88. The second kappa shape index (κ2) is 15.6. The van der Waals surface area contributed by atoms with Gasteiger partial charge < -0.3 is 19.7 Å². The van der Waals surface area contributed by atoms with Gasteiger partial charge in [-0.05, 0) is 66.3 Å². The van der Waals surface area contributed by atoms with Gasteiger partial charge in [-0.3, -0.25) is 9.69 Å². The van der Waals surface area contributed by atoms with E-state index < -0.39 is 18.2 Å². The summed E-state index contributed by atoms with van der Waals surface area (Å²) in [6.45, 7) is 4.14. The Morgan fingerprint density at radius 1 is 1.13 bits per heavy atom. The van der Waals surface area contributed by atoms with Gasteiger partial charge in [-0.15, -0.1) is 18.3 Å². The maximum Gasteiger partial charge on any atom is 0.573 e. The zero-order valence-corrected chi connectivity index (χ0v) is 26.6. The van der Waals surface area contributed by atoms with Crippen LogP contribution in [0.5, 0.6) is 5.75 Å². The number of carbonyl (C=O) groups is 2. The summed E-state index contributed by atoms with van der Waals surface area (Å²) in [7, 11) is 3.22. The van der Waals surface area contributed by atoms with Crippen molar-refractivity contribution in [3.8, 4) is 11.4 Å². The van der Waals surface area contributed by atoms with Crippen LogP contribution in [0.1, 0.15) is 23.6 Å². The predicted octanol–water partition coefficient (Wildman–Crippen LogP) is 6.70. The highest BCUT2D eigenvalue weighted by Gasteiger charge is 2.31. The number of halogens is 4. The van der Waals surface area contributed by atoms with Crippen molar-refractivity contribution < 1.29 is 36.6 Å². The molecule has 47 heavy (non-hydrogen) atoms. The van der Waals surface area contributed by atoms with Gasteiger partial charge in [0.1, 0.15) is 17.9 Å². The average Bonchev–Trinajstić information content (AvgIpc) is 3.51. The minimum absolute atomic E-state index is 0.110. The number of aromatic nitrogens is 3. The number of carbonyl (C=O) groups excluding carboxylic acids is 2. The lowest BCUT2D eigenvalue weighted by molar-refractivity contribution is -0.274. The van der Waals surface area contributed by atoms with Crippen LogP contribution in [0.3, 0.4) is 0 Å². The predicted molar refractivity (Wildman–Crippen MR) is 172 cm³/mol. The summed E-state index contributed by atoms with van der Waals surface area (Å²) in [6.07, 6.45) is -2.84. The van der Waals surface area contributed by atoms with Gasteiger partial charge >= 0.3 is 12.4 Å². The molecule has 4 rings (SSSR count). The van der Waals surface area contributed by atoms with Crippen molar-refractivity contribution in [2.45, 2.75) is 33.4 Å². The Morgan fingerprint density at radius 3 is 2.51 bits per heavy atom. The van der Waals surface area contributed by atoms with Crippen LogP contribution in [0, 0.1) is 12.7 Å². The Morgan fingerprint density at radius 2 is 1.87 bits per heavy atom. The van der Waals surface area contributed by atoms with Crippen LogP contribution in [-0.2, 0) is 22.7 Å². The van der Waals surface area contributed by atoms with Crippen LogP contribution in [0.25, 0.3) is 5.69 Å². The van der Waals surface area contributed by atoms with Crippen LogP contribution in [0.4, 0.5) is 39.7 Å². The lowest BCUT2D eigenvalue weighted by Gasteiger charge is -2.22. The number of hydrogen-bond acceptors (Lipinski definition) is 8. The number of amidine groups is 1. The maximum absolute atomic E-state index is 15.1. The van der Waals surface area contributed by atoms with Gasteiger partial charge in [-0.1, -0.05) is 36.9 Å². The van der Waals surface area contributed by atoms with E-state index in [1.807, 2.05) is 26.0 Å². The fraction of sp³-hybridized carbons (Fsp3) is 0.258. The summed E-state index contributed by atoms with van der Waals surface area (Å²) < 4.78 is 62.9. The van der Waals surface area contributed by atoms with E-state index in [9.17, 15) is 22.8 Å². The molecular weight excluding hydrogens is 642 g/mol. The third-order valence-electron chi connectivity index (χ3n) is 6.43. The third-order valence-corrected chi connectivity index (χ3v) is 7.27. The molecule has 0 radical (unpaired) electrons. The maximum atomic E-state index is 15.1. The van der Waals surface area contributed by atoms with Gasteiger partial charge in [-0.2, -0.15) is 9.98 Å². The van der Waals surface area contributed by atoms with Crippen molar-refractivity contribution in [1.82, 2.24) is 14.8 Å². The number of amides is 3. The molecule has 0 bridgehead atoms. The Kier molecular flexibility index (Phi) is 11.6. The van der Waals surface area contributed by atoms with Gasteiger partial charge in [0, 0.05) is 26.3 Å². The lowest BCUT2D eigenvalue weighted by atomic mass is 10.1. The fourth-order valence-corrected chi connectivity index (χ4v) is 5.04. The van der Waals surface area contributed by atoms with Crippen molar-refractivity contribution in [2.24, 2.45) is 4.99 Å². The number of nitrogens with zero attached hydrogens (tertiary/aromatic N) is 6. The average molecular weight is 674 g/mol. The molecule has 4 aromatic rings. The monoisotopic (exact) mass is 673 g/mol. The first kappa shape index (κ1) is 34.9. The number of thioether (sulfide) groups is 1. The first-order chi connectivity index (χ1) is 22.4. The third kappa shape index (κ3) is 9.52. The van der Waals surface area contributed by atoms with Crippen molar-refractivity contribution in [1.29, 1.82) is 0 Å². The fourth-order valence-electron chi connectivity index (χ4n) is 4.35. The quantitative estimate of drug-likeness (QED) is 0.0810. The van der Waals surface area contributed by atoms with Gasteiger partial charge in [0.25, 0.3) is 0 Å². The summed E-state index contributed by atoms with van der Waals surface area (Å²) in [5.74, 6) is -0.295. The highest BCUT2D eigenvalue weighted by molar-refractivity contribution is 8.14. The molecule has 0 unspecified atom stereocenters. The summed E-state index contributed by atoms with van der Waals surface area (Å²) in [5.41, 5.74) is 3.00. The molecule has 0 atom stereocenters. The SMILES string of the molecule is CCSC(=NC(=O)Nc1ccc(CN(C)c2ncn(-c3ccc(OC(F)(F)F)cc3)n2)cc1F)N(C=O)c1cc(C)ccc1COC. The molecular formula is C31H31F4N7O4S. The Balaban J connectivity index is 1.44. The number of methoxy groups -OCH3 is 1. The Hall–Kier alpha value is -4.96. The molecule has 0 aliphatic carbocycles. The molecule has 0 saturated heterocycles. The van der Waals surface area contributed by atoms with Gasteiger partial charge in [0.15, 0.2) is 5.17 Å². The highest BCUT2D eigenvalue weighted by atomic mass is 32.2. The standard InChI is InChI=1S/C31H31F4N7O4S/c1-5-47-30(41(19-43)27-14-20(2)6-8-22(27)17-45-4)38-29(44)37-26-13-7-21(15-25(26)32)16-40(3)28-36-18-42(39-28)23-9-11-24(12-10-23)46-31(33,34)35/h6-15,18-19H,5,16-17H2,1-4H3,(H,37,44). The number of urea groups is 1. The van der Waals surface area contributed by atoms with E-state index in [-0.39, 0.29) is 35.7 Å². The molecule has 1 N–H and O–H groups in total. The van der Waals surface area contributed by atoms with Crippen molar-refractivity contribution in [2.75, 3.05) is 35.0 Å². The molecule has 0 fully saturated rings. The molecule has 1 aromatic heterocycles. The molecule has 16 heteroatoms. The van der Waals surface area contributed by atoms with Crippen molar-refractivity contribution >= 4 is 46.7 Å². The van der Waals surface area contributed by atoms with E-state index in [2.05, 4.69) is 25.1 Å². The Labute approximate surface area is 272 Å². The van der Waals surface area contributed by atoms with Crippen molar-refractivity contribution in [3.63, 3.8) is 0 Å². The molecule has 1 heterocycles. The van der Waals surface area contributed by atoms with E-state index in [1.54, 1.807) is 24.1 Å². The van der Waals surface area contributed by atoms with Gasteiger partial charge in [0.05, 0.1) is 23.7 Å². The van der Waals surface area contributed by atoms with E-state index in [4.69, 9.17) is 4.74 Å². The largest absolute Gasteiger partial charge is 0.573 e. The molecule has 0 saturated carbocycles.